The SMILES string of the molecule is C=C(Br)/C=C(/C#N)C(=C)NC. The summed E-state index contributed by atoms with van der Waals surface area (Å²) in [6.07, 6.45) is 1.61. The third-order valence-electron chi connectivity index (χ3n) is 1.05. The predicted octanol–water partition coefficient (Wildman–Crippen LogP) is 2.08. The lowest BCUT2D eigenvalue weighted by molar-refractivity contribution is 1.02. The number of allylic oxidation sites excluding steroid dienone is 3. The van der Waals surface area contributed by atoms with E-state index in [4.69, 9.17) is 5.26 Å². The van der Waals surface area contributed by atoms with Gasteiger partial charge in [0.15, 0.2) is 0 Å². The first kappa shape index (κ1) is 9.99. The molecule has 0 bridgehead atoms. The van der Waals surface area contributed by atoms with Crippen molar-refractivity contribution in [3.05, 3.63) is 35.0 Å². The molecule has 0 spiro atoms. The Morgan fingerprint density at radius 3 is 2.45 bits per heavy atom. The second kappa shape index (κ2) is 4.75. The predicted molar refractivity (Wildman–Crippen MR) is 50.0 cm³/mol. The largest absolute Gasteiger partial charge is 0.388 e. The number of hydrogen-bond acceptors (Lipinski definition) is 2. The summed E-state index contributed by atoms with van der Waals surface area (Å²) in [7, 11) is 1.71. The average molecular weight is 213 g/mol. The molecule has 2 nitrogen and oxygen atoms in total. The lowest BCUT2D eigenvalue weighted by Gasteiger charge is -2.00. The molecule has 11 heavy (non-hydrogen) atoms. The number of hydrogen-bond donors (Lipinski definition) is 1. The first-order valence-corrected chi connectivity index (χ1v) is 3.74. The second-order valence-corrected chi connectivity index (χ2v) is 2.86. The minimum Gasteiger partial charge on any atom is -0.388 e. The maximum absolute atomic E-state index is 8.60. The van der Waals surface area contributed by atoms with E-state index in [9.17, 15) is 0 Å². The Labute approximate surface area is 75.0 Å². The van der Waals surface area contributed by atoms with Gasteiger partial charge < -0.3 is 5.32 Å². The molecular weight excluding hydrogens is 204 g/mol. The maximum atomic E-state index is 8.60. The smallest absolute Gasteiger partial charge is 0.101 e. The lowest BCUT2D eigenvalue weighted by Crippen LogP contribution is -2.05. The van der Waals surface area contributed by atoms with Crippen LogP contribution in [0.3, 0.4) is 0 Å². The third kappa shape index (κ3) is 3.64. The molecule has 0 radical (unpaired) electrons. The molecule has 0 aliphatic heterocycles. The molecule has 1 N–H and O–H groups in total. The summed E-state index contributed by atoms with van der Waals surface area (Å²) in [5.74, 6) is 0. The highest BCUT2D eigenvalue weighted by molar-refractivity contribution is 9.11. The van der Waals surface area contributed by atoms with Crippen LogP contribution in [0.2, 0.25) is 0 Å². The molecule has 0 saturated heterocycles. The first-order chi connectivity index (χ1) is 5.11. The average Bonchev–Trinajstić information content (AvgIpc) is 1.98. The van der Waals surface area contributed by atoms with Crippen LogP contribution in [0.5, 0.6) is 0 Å². The second-order valence-electron chi connectivity index (χ2n) is 1.85. The van der Waals surface area contributed by atoms with E-state index in [1.54, 1.807) is 13.1 Å². The van der Waals surface area contributed by atoms with E-state index in [0.717, 1.165) is 0 Å². The number of rotatable bonds is 3. The minimum absolute atomic E-state index is 0.481. The molecule has 58 valence electrons. The quantitative estimate of drug-likeness (QED) is 0.575. The van der Waals surface area contributed by atoms with Crippen LogP contribution in [0.4, 0.5) is 0 Å². The van der Waals surface area contributed by atoms with Gasteiger partial charge in [0.1, 0.15) is 6.07 Å². The Balaban J connectivity index is 4.57. The zero-order valence-electron chi connectivity index (χ0n) is 6.32. The summed E-state index contributed by atoms with van der Waals surface area (Å²) in [6.45, 7) is 7.21. The summed E-state index contributed by atoms with van der Waals surface area (Å²) < 4.78 is 0.658. The van der Waals surface area contributed by atoms with Crippen LogP contribution in [0.15, 0.2) is 35.0 Å². The van der Waals surface area contributed by atoms with Crippen molar-refractivity contribution in [2.45, 2.75) is 0 Å². The Morgan fingerprint density at radius 1 is 1.64 bits per heavy atom. The van der Waals surface area contributed by atoms with Gasteiger partial charge in [0.25, 0.3) is 0 Å². The van der Waals surface area contributed by atoms with Crippen LogP contribution in [-0.2, 0) is 0 Å². The molecule has 0 aromatic carbocycles. The number of halogens is 1. The van der Waals surface area contributed by atoms with Crippen molar-refractivity contribution >= 4 is 15.9 Å². The molecule has 0 atom stereocenters. The zero-order chi connectivity index (χ0) is 8.85. The molecule has 0 aromatic heterocycles. The van der Waals surface area contributed by atoms with Gasteiger partial charge in [0, 0.05) is 17.2 Å². The van der Waals surface area contributed by atoms with Crippen molar-refractivity contribution in [1.29, 1.82) is 5.26 Å². The van der Waals surface area contributed by atoms with Crippen molar-refractivity contribution in [3.8, 4) is 6.07 Å². The fourth-order valence-corrected chi connectivity index (χ4v) is 0.707. The summed E-state index contributed by atoms with van der Waals surface area (Å²) in [6, 6.07) is 1.99. The van der Waals surface area contributed by atoms with E-state index in [2.05, 4.69) is 34.4 Å². The van der Waals surface area contributed by atoms with Gasteiger partial charge in [-0.05, 0) is 6.08 Å². The van der Waals surface area contributed by atoms with Crippen molar-refractivity contribution in [2.75, 3.05) is 7.05 Å². The fraction of sp³-hybridized carbons (Fsp3) is 0.125. The van der Waals surface area contributed by atoms with E-state index >= 15 is 0 Å². The van der Waals surface area contributed by atoms with Crippen molar-refractivity contribution in [2.24, 2.45) is 0 Å². The van der Waals surface area contributed by atoms with Crippen LogP contribution in [0.25, 0.3) is 0 Å². The molecule has 0 unspecified atom stereocenters. The van der Waals surface area contributed by atoms with E-state index in [-0.39, 0.29) is 0 Å². The van der Waals surface area contributed by atoms with Crippen LogP contribution >= 0.6 is 15.9 Å². The van der Waals surface area contributed by atoms with Crippen LogP contribution in [0.1, 0.15) is 0 Å². The molecule has 0 fully saturated rings. The lowest BCUT2D eigenvalue weighted by atomic mass is 10.2. The maximum Gasteiger partial charge on any atom is 0.101 e. The Kier molecular flexibility index (Phi) is 4.32. The summed E-state index contributed by atoms with van der Waals surface area (Å²) in [4.78, 5) is 0. The summed E-state index contributed by atoms with van der Waals surface area (Å²) >= 11 is 3.12. The molecule has 3 heteroatoms. The summed E-state index contributed by atoms with van der Waals surface area (Å²) in [5.41, 5.74) is 1.07. The normalized spacial score (nSPS) is 10.1. The van der Waals surface area contributed by atoms with Gasteiger partial charge in [-0.1, -0.05) is 29.1 Å². The van der Waals surface area contributed by atoms with Crippen molar-refractivity contribution in [1.82, 2.24) is 5.32 Å². The third-order valence-corrected chi connectivity index (χ3v) is 1.28. The van der Waals surface area contributed by atoms with Gasteiger partial charge in [-0.2, -0.15) is 5.26 Å². The molecule has 0 amide bonds. The Hall–Kier alpha value is -1.01. The van der Waals surface area contributed by atoms with Crippen LogP contribution in [-0.4, -0.2) is 7.05 Å². The van der Waals surface area contributed by atoms with E-state index in [0.29, 0.717) is 15.8 Å². The molecule has 0 aliphatic rings. The molecule has 0 aromatic rings. The highest BCUT2D eigenvalue weighted by atomic mass is 79.9. The Morgan fingerprint density at radius 2 is 2.18 bits per heavy atom. The standard InChI is InChI=1S/C8H9BrN2/c1-6(9)4-8(5-10)7(2)11-3/h4,11H,1-2H2,3H3/b8-4-. The van der Waals surface area contributed by atoms with Gasteiger partial charge in [-0.15, -0.1) is 0 Å². The first-order valence-electron chi connectivity index (χ1n) is 2.95. The van der Waals surface area contributed by atoms with Crippen molar-refractivity contribution in [3.63, 3.8) is 0 Å². The number of nitrogens with zero attached hydrogens (tertiary/aromatic N) is 1. The molecular formula is C8H9BrN2. The highest BCUT2D eigenvalue weighted by Crippen LogP contribution is 2.10. The minimum atomic E-state index is 0.481. The van der Waals surface area contributed by atoms with E-state index in [1.165, 1.54) is 0 Å². The van der Waals surface area contributed by atoms with E-state index in [1.807, 2.05) is 6.07 Å². The van der Waals surface area contributed by atoms with Gasteiger partial charge in [-0.3, -0.25) is 0 Å². The van der Waals surface area contributed by atoms with Gasteiger partial charge in [0.2, 0.25) is 0 Å². The van der Waals surface area contributed by atoms with Gasteiger partial charge >= 0.3 is 0 Å². The summed E-state index contributed by atoms with van der Waals surface area (Å²) in [5, 5.41) is 11.4. The molecule has 0 rings (SSSR count). The van der Waals surface area contributed by atoms with Crippen molar-refractivity contribution < 1.29 is 0 Å². The Bertz CT molecular complexity index is 245. The van der Waals surface area contributed by atoms with Crippen LogP contribution < -0.4 is 5.32 Å². The topological polar surface area (TPSA) is 35.8 Å². The fourth-order valence-electron chi connectivity index (χ4n) is 0.478. The molecule has 0 aliphatic carbocycles. The van der Waals surface area contributed by atoms with Crippen LogP contribution in [0, 0.1) is 11.3 Å². The number of likely N-dealkylation sites (N-methyl/N-ethyl adjacent to an activating group) is 1. The zero-order valence-corrected chi connectivity index (χ0v) is 7.90. The van der Waals surface area contributed by atoms with Gasteiger partial charge in [-0.25, -0.2) is 0 Å². The number of nitriles is 1. The molecule has 0 heterocycles. The monoisotopic (exact) mass is 212 g/mol. The van der Waals surface area contributed by atoms with Gasteiger partial charge in [0.05, 0.1) is 5.57 Å². The van der Waals surface area contributed by atoms with E-state index < -0.39 is 0 Å². The highest BCUT2D eigenvalue weighted by Gasteiger charge is 1.97. The molecule has 0 saturated carbocycles. The number of nitrogens with one attached hydrogen (secondary N) is 1.